The molecule has 0 bridgehead atoms. The average molecular weight is 231 g/mol. The number of hydrogen-bond donors (Lipinski definition) is 1. The van der Waals surface area contributed by atoms with Crippen molar-refractivity contribution < 1.29 is 4.79 Å². The molecule has 0 atom stereocenters. The molecule has 0 aliphatic rings. The fourth-order valence-electron chi connectivity index (χ4n) is 1.49. The number of benzene rings is 1. The molecule has 2 N–H and O–H groups in total. The van der Waals surface area contributed by atoms with Gasteiger partial charge in [-0.2, -0.15) is 0 Å². The topological polar surface area (TPSA) is 43.1 Å². The van der Waals surface area contributed by atoms with Gasteiger partial charge in [-0.3, -0.25) is 4.79 Å². The highest BCUT2D eigenvalue weighted by atomic mass is 32.1. The molecule has 0 unspecified atom stereocenters. The number of rotatable bonds is 3. The number of nitrogen functional groups attached to an aromatic ring is 1. The molecular weight excluding hydrogens is 218 g/mol. The summed E-state index contributed by atoms with van der Waals surface area (Å²) >= 11 is 1.54. The van der Waals surface area contributed by atoms with Gasteiger partial charge in [-0.05, 0) is 36.8 Å². The van der Waals surface area contributed by atoms with Gasteiger partial charge >= 0.3 is 0 Å². The van der Waals surface area contributed by atoms with E-state index in [9.17, 15) is 4.79 Å². The number of nitrogens with two attached hydrogens (primary N) is 1. The summed E-state index contributed by atoms with van der Waals surface area (Å²) in [7, 11) is 0. The molecule has 0 spiro atoms. The normalized spacial score (nSPS) is 10.3. The molecule has 3 heteroatoms. The molecule has 2 rings (SSSR count). The second kappa shape index (κ2) is 4.49. The Bertz CT molecular complexity index is 499. The lowest BCUT2D eigenvalue weighted by Crippen LogP contribution is -2.01. The Morgan fingerprint density at radius 3 is 2.44 bits per heavy atom. The van der Waals surface area contributed by atoms with Gasteiger partial charge in [-0.1, -0.05) is 12.1 Å². The summed E-state index contributed by atoms with van der Waals surface area (Å²) in [4.78, 5) is 13.9. The third-order valence-electron chi connectivity index (χ3n) is 2.36. The molecule has 2 aromatic rings. The number of thiophene rings is 1. The van der Waals surface area contributed by atoms with E-state index in [2.05, 4.69) is 0 Å². The van der Waals surface area contributed by atoms with Crippen LogP contribution < -0.4 is 5.73 Å². The van der Waals surface area contributed by atoms with Crippen molar-refractivity contribution in [2.75, 3.05) is 5.73 Å². The molecule has 0 aliphatic carbocycles. The Labute approximate surface area is 98.7 Å². The monoisotopic (exact) mass is 231 g/mol. The predicted molar refractivity (Wildman–Crippen MR) is 67.9 cm³/mol. The number of Topliss-reactive ketones (excluding diaryl/α,β-unsaturated/α-hetero) is 1. The van der Waals surface area contributed by atoms with Crippen LogP contribution in [-0.4, -0.2) is 5.78 Å². The third-order valence-corrected chi connectivity index (χ3v) is 3.40. The number of carbonyl (C=O) groups is 1. The third kappa shape index (κ3) is 2.49. The summed E-state index contributed by atoms with van der Waals surface area (Å²) in [6.07, 6.45) is 0.445. The summed E-state index contributed by atoms with van der Waals surface area (Å²) in [5.74, 6) is 0.169. The molecule has 0 saturated carbocycles. The molecule has 0 aliphatic heterocycles. The first-order chi connectivity index (χ1) is 7.65. The molecule has 16 heavy (non-hydrogen) atoms. The van der Waals surface area contributed by atoms with Crippen molar-refractivity contribution in [2.45, 2.75) is 13.3 Å². The summed E-state index contributed by atoms with van der Waals surface area (Å²) in [6, 6.07) is 11.3. The van der Waals surface area contributed by atoms with E-state index in [0.29, 0.717) is 6.42 Å². The zero-order valence-electron chi connectivity index (χ0n) is 9.07. The summed E-state index contributed by atoms with van der Waals surface area (Å²) in [6.45, 7) is 2.00. The lowest BCUT2D eigenvalue weighted by atomic mass is 10.1. The van der Waals surface area contributed by atoms with E-state index in [1.165, 1.54) is 4.88 Å². The van der Waals surface area contributed by atoms with Crippen LogP contribution in [0.25, 0.3) is 0 Å². The zero-order valence-corrected chi connectivity index (χ0v) is 9.88. The van der Waals surface area contributed by atoms with Gasteiger partial charge in [0.1, 0.15) is 0 Å². The number of hydrogen-bond acceptors (Lipinski definition) is 3. The number of anilines is 1. The van der Waals surface area contributed by atoms with Gasteiger partial charge in [0.25, 0.3) is 0 Å². The standard InChI is InChI=1S/C13H13NOS/c1-9-2-7-13(16-9)12(15)8-10-3-5-11(14)6-4-10/h2-7H,8,14H2,1H3. The second-order valence-corrected chi connectivity index (χ2v) is 5.04. The largest absolute Gasteiger partial charge is 0.399 e. The van der Waals surface area contributed by atoms with Crippen LogP contribution in [0.5, 0.6) is 0 Å². The van der Waals surface area contributed by atoms with Crippen molar-refractivity contribution in [1.29, 1.82) is 0 Å². The summed E-state index contributed by atoms with van der Waals surface area (Å²) in [5.41, 5.74) is 7.32. The van der Waals surface area contributed by atoms with Crippen LogP contribution in [-0.2, 0) is 6.42 Å². The Hall–Kier alpha value is -1.61. The van der Waals surface area contributed by atoms with Crippen molar-refractivity contribution in [1.82, 2.24) is 0 Å². The lowest BCUT2D eigenvalue weighted by molar-refractivity contribution is 0.0997. The Morgan fingerprint density at radius 2 is 1.88 bits per heavy atom. The van der Waals surface area contributed by atoms with Crippen molar-refractivity contribution >= 4 is 22.8 Å². The minimum atomic E-state index is 0.169. The molecule has 1 aromatic heterocycles. The molecule has 82 valence electrons. The summed E-state index contributed by atoms with van der Waals surface area (Å²) in [5, 5.41) is 0. The number of aryl methyl sites for hydroxylation is 1. The fraction of sp³-hybridized carbons (Fsp3) is 0.154. The Morgan fingerprint density at radius 1 is 1.19 bits per heavy atom. The van der Waals surface area contributed by atoms with E-state index in [1.807, 2.05) is 43.3 Å². The molecule has 0 saturated heterocycles. The van der Waals surface area contributed by atoms with Crippen molar-refractivity contribution in [3.63, 3.8) is 0 Å². The number of carbonyl (C=O) groups excluding carboxylic acids is 1. The van der Waals surface area contributed by atoms with E-state index in [0.717, 1.165) is 16.1 Å². The summed E-state index contributed by atoms with van der Waals surface area (Å²) < 4.78 is 0. The van der Waals surface area contributed by atoms with Crippen LogP contribution >= 0.6 is 11.3 Å². The molecule has 0 radical (unpaired) electrons. The van der Waals surface area contributed by atoms with Crippen molar-refractivity contribution in [3.8, 4) is 0 Å². The van der Waals surface area contributed by atoms with Gasteiger partial charge in [0.05, 0.1) is 4.88 Å². The highest BCUT2D eigenvalue weighted by Crippen LogP contribution is 2.17. The van der Waals surface area contributed by atoms with E-state index < -0.39 is 0 Å². The van der Waals surface area contributed by atoms with Crippen molar-refractivity contribution in [3.05, 3.63) is 51.7 Å². The SMILES string of the molecule is Cc1ccc(C(=O)Cc2ccc(N)cc2)s1. The fourth-order valence-corrected chi connectivity index (χ4v) is 2.30. The number of ketones is 1. The first kappa shape index (κ1) is 10.9. The van der Waals surface area contributed by atoms with E-state index in [1.54, 1.807) is 11.3 Å². The van der Waals surface area contributed by atoms with Crippen LogP contribution in [0.15, 0.2) is 36.4 Å². The van der Waals surface area contributed by atoms with Crippen LogP contribution in [0.4, 0.5) is 5.69 Å². The molecule has 0 amide bonds. The van der Waals surface area contributed by atoms with E-state index in [-0.39, 0.29) is 5.78 Å². The van der Waals surface area contributed by atoms with Gasteiger partial charge in [-0.15, -0.1) is 11.3 Å². The van der Waals surface area contributed by atoms with Crippen LogP contribution in [0.1, 0.15) is 20.1 Å². The van der Waals surface area contributed by atoms with Gasteiger partial charge in [0.15, 0.2) is 5.78 Å². The first-order valence-electron chi connectivity index (χ1n) is 5.09. The molecular formula is C13H13NOS. The molecule has 0 fully saturated rings. The molecule has 2 nitrogen and oxygen atoms in total. The smallest absolute Gasteiger partial charge is 0.177 e. The molecule has 1 aromatic carbocycles. The maximum absolute atomic E-state index is 11.9. The average Bonchev–Trinajstić information content (AvgIpc) is 2.68. The van der Waals surface area contributed by atoms with Crippen molar-refractivity contribution in [2.24, 2.45) is 0 Å². The zero-order chi connectivity index (χ0) is 11.5. The van der Waals surface area contributed by atoms with E-state index >= 15 is 0 Å². The minimum Gasteiger partial charge on any atom is -0.399 e. The van der Waals surface area contributed by atoms with E-state index in [4.69, 9.17) is 5.73 Å². The first-order valence-corrected chi connectivity index (χ1v) is 5.91. The van der Waals surface area contributed by atoms with Gasteiger partial charge in [-0.25, -0.2) is 0 Å². The van der Waals surface area contributed by atoms with Crippen LogP contribution in [0.2, 0.25) is 0 Å². The predicted octanol–water partition coefficient (Wildman–Crippen LogP) is 3.06. The minimum absolute atomic E-state index is 0.169. The highest BCUT2D eigenvalue weighted by molar-refractivity contribution is 7.14. The quantitative estimate of drug-likeness (QED) is 0.651. The van der Waals surface area contributed by atoms with Crippen LogP contribution in [0, 0.1) is 6.92 Å². The Kier molecular flexibility index (Phi) is 3.06. The lowest BCUT2D eigenvalue weighted by Gasteiger charge is -1.99. The van der Waals surface area contributed by atoms with Gasteiger partial charge in [0.2, 0.25) is 0 Å². The van der Waals surface area contributed by atoms with Gasteiger partial charge < -0.3 is 5.73 Å². The second-order valence-electron chi connectivity index (χ2n) is 3.75. The highest BCUT2D eigenvalue weighted by Gasteiger charge is 2.08. The van der Waals surface area contributed by atoms with Gasteiger partial charge in [0, 0.05) is 17.0 Å². The molecule has 1 heterocycles. The Balaban J connectivity index is 2.10. The van der Waals surface area contributed by atoms with Crippen LogP contribution in [0.3, 0.4) is 0 Å². The maximum Gasteiger partial charge on any atom is 0.177 e. The maximum atomic E-state index is 11.9.